The molecule has 0 heterocycles. The summed E-state index contributed by atoms with van der Waals surface area (Å²) in [6.07, 6.45) is 2.18. The summed E-state index contributed by atoms with van der Waals surface area (Å²) in [6, 6.07) is 0. The third-order valence-corrected chi connectivity index (χ3v) is 2.51. The summed E-state index contributed by atoms with van der Waals surface area (Å²) in [5.41, 5.74) is 0. The van der Waals surface area contributed by atoms with Gasteiger partial charge in [-0.05, 0) is 6.42 Å². The SMILES string of the molecule is CCCCCCC(C(=O)O)C(F)CCF. The Labute approximate surface area is 89.7 Å². The van der Waals surface area contributed by atoms with Crippen molar-refractivity contribution in [2.75, 3.05) is 6.67 Å². The zero-order valence-corrected chi connectivity index (χ0v) is 9.22. The van der Waals surface area contributed by atoms with E-state index >= 15 is 0 Å². The Hall–Kier alpha value is -0.670. The third kappa shape index (κ3) is 6.42. The quantitative estimate of drug-likeness (QED) is 0.607. The topological polar surface area (TPSA) is 37.3 Å². The normalized spacial score (nSPS) is 14.9. The average Bonchev–Trinajstić information content (AvgIpc) is 2.17. The Morgan fingerprint density at radius 2 is 1.93 bits per heavy atom. The summed E-state index contributed by atoms with van der Waals surface area (Å²) in [6.45, 7) is 1.26. The number of carbonyl (C=O) groups is 1. The Kier molecular flexibility index (Phi) is 8.24. The summed E-state index contributed by atoms with van der Waals surface area (Å²) < 4.78 is 25.1. The molecule has 1 N–H and O–H groups in total. The van der Waals surface area contributed by atoms with Crippen LogP contribution >= 0.6 is 0 Å². The van der Waals surface area contributed by atoms with E-state index in [9.17, 15) is 13.6 Å². The molecule has 0 fully saturated rings. The summed E-state index contributed by atoms with van der Waals surface area (Å²) >= 11 is 0. The van der Waals surface area contributed by atoms with Gasteiger partial charge in [0.05, 0.1) is 12.6 Å². The van der Waals surface area contributed by atoms with Gasteiger partial charge < -0.3 is 5.11 Å². The molecule has 0 rings (SSSR count). The number of carboxylic acids is 1. The first-order valence-electron chi connectivity index (χ1n) is 5.56. The van der Waals surface area contributed by atoms with Crippen molar-refractivity contribution in [3.8, 4) is 0 Å². The molecule has 0 aliphatic heterocycles. The zero-order chi connectivity index (χ0) is 11.7. The number of halogens is 2. The molecule has 4 heteroatoms. The van der Waals surface area contributed by atoms with Gasteiger partial charge in [0.25, 0.3) is 0 Å². The molecule has 2 atom stereocenters. The zero-order valence-electron chi connectivity index (χ0n) is 9.22. The lowest BCUT2D eigenvalue weighted by atomic mass is 9.94. The van der Waals surface area contributed by atoms with Gasteiger partial charge in [-0.2, -0.15) is 0 Å². The van der Waals surface area contributed by atoms with Crippen LogP contribution in [0.4, 0.5) is 8.78 Å². The third-order valence-electron chi connectivity index (χ3n) is 2.51. The van der Waals surface area contributed by atoms with E-state index in [1.807, 2.05) is 0 Å². The second-order valence-corrected chi connectivity index (χ2v) is 3.79. The summed E-state index contributed by atoms with van der Waals surface area (Å²) in [5.74, 6) is -2.18. The smallest absolute Gasteiger partial charge is 0.309 e. The monoisotopic (exact) mass is 222 g/mol. The number of carboxylic acid groups (broad SMARTS) is 1. The van der Waals surface area contributed by atoms with Crippen molar-refractivity contribution in [3.63, 3.8) is 0 Å². The van der Waals surface area contributed by atoms with Crippen molar-refractivity contribution in [2.45, 2.75) is 51.6 Å². The van der Waals surface area contributed by atoms with Gasteiger partial charge in [-0.3, -0.25) is 9.18 Å². The maximum absolute atomic E-state index is 13.2. The van der Waals surface area contributed by atoms with Crippen LogP contribution in [0, 0.1) is 5.92 Å². The molecule has 0 bridgehead atoms. The summed E-state index contributed by atoms with van der Waals surface area (Å²) in [4.78, 5) is 10.7. The standard InChI is InChI=1S/C11H20F2O2/c1-2-3-4-5-6-9(11(14)15)10(13)7-8-12/h9-10H,2-8H2,1H3,(H,14,15). The lowest BCUT2D eigenvalue weighted by Crippen LogP contribution is -2.25. The van der Waals surface area contributed by atoms with Crippen molar-refractivity contribution in [2.24, 2.45) is 5.92 Å². The molecule has 0 aromatic heterocycles. The Bertz CT molecular complexity index is 174. The van der Waals surface area contributed by atoms with Gasteiger partial charge in [-0.25, -0.2) is 4.39 Å². The summed E-state index contributed by atoms with van der Waals surface area (Å²) in [7, 11) is 0. The number of alkyl halides is 2. The number of hydrogen-bond acceptors (Lipinski definition) is 1. The lowest BCUT2D eigenvalue weighted by Gasteiger charge is -2.15. The van der Waals surface area contributed by atoms with Crippen LogP contribution in [0.15, 0.2) is 0 Å². The van der Waals surface area contributed by atoms with Crippen LogP contribution in [-0.2, 0) is 4.79 Å². The van der Waals surface area contributed by atoms with E-state index in [4.69, 9.17) is 5.11 Å². The molecule has 0 amide bonds. The van der Waals surface area contributed by atoms with E-state index in [1.54, 1.807) is 0 Å². The highest BCUT2D eigenvalue weighted by Gasteiger charge is 2.27. The Morgan fingerprint density at radius 1 is 1.27 bits per heavy atom. The van der Waals surface area contributed by atoms with Gasteiger partial charge in [-0.1, -0.05) is 32.6 Å². The number of hydrogen-bond donors (Lipinski definition) is 1. The molecule has 0 spiro atoms. The van der Waals surface area contributed by atoms with Crippen molar-refractivity contribution >= 4 is 5.97 Å². The minimum Gasteiger partial charge on any atom is -0.481 e. The van der Waals surface area contributed by atoms with E-state index in [0.717, 1.165) is 19.3 Å². The van der Waals surface area contributed by atoms with Crippen LogP contribution in [0.5, 0.6) is 0 Å². The molecular weight excluding hydrogens is 202 g/mol. The highest BCUT2D eigenvalue weighted by atomic mass is 19.1. The van der Waals surface area contributed by atoms with Crippen LogP contribution in [0.1, 0.15) is 45.4 Å². The van der Waals surface area contributed by atoms with Crippen LogP contribution in [0.3, 0.4) is 0 Å². The van der Waals surface area contributed by atoms with E-state index < -0.39 is 24.7 Å². The number of aliphatic carboxylic acids is 1. The van der Waals surface area contributed by atoms with Crippen LogP contribution in [0.25, 0.3) is 0 Å². The molecule has 0 aliphatic rings. The maximum atomic E-state index is 13.2. The van der Waals surface area contributed by atoms with E-state index in [1.165, 1.54) is 0 Å². The minimum absolute atomic E-state index is 0.301. The molecule has 0 saturated carbocycles. The molecule has 0 radical (unpaired) electrons. The number of rotatable bonds is 9. The fourth-order valence-electron chi connectivity index (χ4n) is 1.56. The molecular formula is C11H20F2O2. The Balaban J connectivity index is 3.88. The molecule has 0 aromatic carbocycles. The average molecular weight is 222 g/mol. The van der Waals surface area contributed by atoms with Crippen molar-refractivity contribution in [1.29, 1.82) is 0 Å². The van der Waals surface area contributed by atoms with E-state index in [-0.39, 0.29) is 6.42 Å². The first kappa shape index (κ1) is 14.3. The largest absolute Gasteiger partial charge is 0.481 e. The van der Waals surface area contributed by atoms with Crippen molar-refractivity contribution in [1.82, 2.24) is 0 Å². The Morgan fingerprint density at radius 3 is 2.40 bits per heavy atom. The van der Waals surface area contributed by atoms with Gasteiger partial charge in [0.1, 0.15) is 6.17 Å². The second kappa shape index (κ2) is 8.62. The van der Waals surface area contributed by atoms with Crippen LogP contribution < -0.4 is 0 Å². The first-order valence-corrected chi connectivity index (χ1v) is 5.56. The van der Waals surface area contributed by atoms with Gasteiger partial charge in [0.15, 0.2) is 0 Å². The van der Waals surface area contributed by atoms with Crippen LogP contribution in [-0.4, -0.2) is 23.9 Å². The molecule has 0 aliphatic carbocycles. The predicted molar refractivity (Wildman–Crippen MR) is 55.4 cm³/mol. The molecule has 90 valence electrons. The van der Waals surface area contributed by atoms with Gasteiger partial charge in [-0.15, -0.1) is 0 Å². The van der Waals surface area contributed by atoms with Gasteiger partial charge in [0.2, 0.25) is 0 Å². The highest BCUT2D eigenvalue weighted by molar-refractivity contribution is 5.70. The van der Waals surface area contributed by atoms with E-state index in [0.29, 0.717) is 12.8 Å². The lowest BCUT2D eigenvalue weighted by molar-refractivity contribution is -0.144. The van der Waals surface area contributed by atoms with Crippen molar-refractivity contribution in [3.05, 3.63) is 0 Å². The first-order chi connectivity index (χ1) is 7.13. The number of unbranched alkanes of at least 4 members (excludes halogenated alkanes) is 3. The fourth-order valence-corrected chi connectivity index (χ4v) is 1.56. The van der Waals surface area contributed by atoms with E-state index in [2.05, 4.69) is 6.92 Å². The molecule has 0 aromatic rings. The van der Waals surface area contributed by atoms with Crippen LogP contribution in [0.2, 0.25) is 0 Å². The second-order valence-electron chi connectivity index (χ2n) is 3.79. The molecule has 15 heavy (non-hydrogen) atoms. The highest BCUT2D eigenvalue weighted by Crippen LogP contribution is 2.20. The minimum atomic E-state index is -1.55. The fraction of sp³-hybridized carbons (Fsp3) is 0.909. The molecule has 2 unspecified atom stereocenters. The maximum Gasteiger partial charge on any atom is 0.309 e. The van der Waals surface area contributed by atoms with Crippen molar-refractivity contribution < 1.29 is 18.7 Å². The molecule has 2 nitrogen and oxygen atoms in total. The van der Waals surface area contributed by atoms with Gasteiger partial charge in [0, 0.05) is 6.42 Å². The molecule has 0 saturated heterocycles. The predicted octanol–water partition coefficient (Wildman–Crippen LogP) is 3.36. The summed E-state index contributed by atoms with van der Waals surface area (Å²) in [5, 5.41) is 8.76. The van der Waals surface area contributed by atoms with Gasteiger partial charge >= 0.3 is 5.97 Å².